The van der Waals surface area contributed by atoms with Gasteiger partial charge in [-0.25, -0.2) is 4.57 Å². The zero-order valence-electron chi connectivity index (χ0n) is 21.5. The average Bonchev–Trinajstić information content (AvgIpc) is 2.81. The van der Waals surface area contributed by atoms with Crippen LogP contribution >= 0.6 is 7.82 Å². The molecule has 10 heteroatoms. The zero-order valence-corrected chi connectivity index (χ0v) is 22.4. The van der Waals surface area contributed by atoms with E-state index in [4.69, 9.17) is 4.52 Å². The van der Waals surface area contributed by atoms with Gasteiger partial charge in [-0.2, -0.15) is 0 Å². The molecule has 0 aliphatic heterocycles. The van der Waals surface area contributed by atoms with Gasteiger partial charge in [0, 0.05) is 19.9 Å². The third-order valence-corrected chi connectivity index (χ3v) is 5.93. The predicted octanol–water partition coefficient (Wildman–Crippen LogP) is 4.97. The van der Waals surface area contributed by atoms with Gasteiger partial charge < -0.3 is 20.1 Å². The van der Waals surface area contributed by atoms with Crippen molar-refractivity contribution in [3.05, 3.63) is 24.3 Å². The summed E-state index contributed by atoms with van der Waals surface area (Å²) in [5.74, 6) is -0.715. The van der Waals surface area contributed by atoms with E-state index in [0.29, 0.717) is 6.42 Å². The Morgan fingerprint density at radius 1 is 0.914 bits per heavy atom. The maximum absolute atomic E-state index is 11.8. The highest BCUT2D eigenvalue weighted by Gasteiger charge is 2.23. The smallest absolute Gasteiger partial charge is 0.463 e. The van der Waals surface area contributed by atoms with Crippen molar-refractivity contribution in [3.63, 3.8) is 0 Å². The Bertz CT molecular complexity index is 653. The van der Waals surface area contributed by atoms with E-state index in [0.717, 1.165) is 44.9 Å². The summed E-state index contributed by atoms with van der Waals surface area (Å²) < 4.78 is 25.6. The second-order valence-electron chi connectivity index (χ2n) is 8.38. The minimum atomic E-state index is -4.37. The number of nitrogens with one attached hydrogen (secondary N) is 1. The number of phosphoric ester groups is 1. The number of esters is 1. The van der Waals surface area contributed by atoms with E-state index in [2.05, 4.69) is 45.8 Å². The lowest BCUT2D eigenvalue weighted by atomic mass is 10.1. The van der Waals surface area contributed by atoms with E-state index >= 15 is 0 Å². The summed E-state index contributed by atoms with van der Waals surface area (Å²) in [5, 5.41) is 12.1. The van der Waals surface area contributed by atoms with Crippen LogP contribution in [0.25, 0.3) is 0 Å². The number of aliphatic hydroxyl groups excluding tert-OH is 1. The van der Waals surface area contributed by atoms with E-state index in [1.807, 2.05) is 0 Å². The predicted molar refractivity (Wildman–Crippen MR) is 137 cm³/mol. The van der Waals surface area contributed by atoms with Crippen LogP contribution in [-0.2, 0) is 27.9 Å². The molecule has 2 atom stereocenters. The average molecular weight is 520 g/mol. The molecule has 0 aliphatic rings. The van der Waals surface area contributed by atoms with Gasteiger partial charge in [0.25, 0.3) is 0 Å². The first-order chi connectivity index (χ1) is 16.8. The van der Waals surface area contributed by atoms with Crippen molar-refractivity contribution in [3.8, 4) is 0 Å². The van der Waals surface area contributed by atoms with E-state index in [-0.39, 0.29) is 25.7 Å². The third kappa shape index (κ3) is 25.4. The Morgan fingerprint density at radius 3 is 2.20 bits per heavy atom. The van der Waals surface area contributed by atoms with Crippen LogP contribution < -0.4 is 5.32 Å². The molecule has 35 heavy (non-hydrogen) atoms. The van der Waals surface area contributed by atoms with Gasteiger partial charge in [-0.05, 0) is 38.5 Å². The van der Waals surface area contributed by atoms with Crippen molar-refractivity contribution < 1.29 is 37.9 Å². The topological polar surface area (TPSA) is 131 Å². The maximum atomic E-state index is 11.8. The lowest BCUT2D eigenvalue weighted by Gasteiger charge is -2.15. The van der Waals surface area contributed by atoms with Crippen molar-refractivity contribution in [1.82, 2.24) is 5.32 Å². The number of unbranched alkanes of at least 4 members (excludes halogenated alkanes) is 8. The number of hydrogen-bond donors (Lipinski definition) is 3. The van der Waals surface area contributed by atoms with Gasteiger partial charge in [0.1, 0.15) is 12.7 Å². The van der Waals surface area contributed by atoms with Crippen LogP contribution in [-0.4, -0.2) is 54.3 Å². The first-order valence-corrected chi connectivity index (χ1v) is 14.3. The summed E-state index contributed by atoms with van der Waals surface area (Å²) in [6, 6.07) is 0. The van der Waals surface area contributed by atoms with Crippen molar-refractivity contribution in [2.75, 3.05) is 26.4 Å². The molecule has 0 saturated heterocycles. The van der Waals surface area contributed by atoms with Crippen LogP contribution in [0.15, 0.2) is 24.3 Å². The van der Waals surface area contributed by atoms with Crippen molar-refractivity contribution >= 4 is 19.7 Å². The summed E-state index contributed by atoms with van der Waals surface area (Å²) in [6.45, 7) is 2.39. The molecule has 1 amide bonds. The number of rotatable bonds is 23. The summed E-state index contributed by atoms with van der Waals surface area (Å²) in [5.41, 5.74) is 0. The monoisotopic (exact) mass is 519 g/mol. The minimum absolute atomic E-state index is 0.0724. The van der Waals surface area contributed by atoms with Crippen LogP contribution in [0.3, 0.4) is 0 Å². The quantitative estimate of drug-likeness (QED) is 0.0746. The van der Waals surface area contributed by atoms with Crippen LogP contribution in [0.2, 0.25) is 0 Å². The fourth-order valence-corrected chi connectivity index (χ4v) is 3.77. The third-order valence-electron chi connectivity index (χ3n) is 4.94. The van der Waals surface area contributed by atoms with Crippen LogP contribution in [0, 0.1) is 0 Å². The first-order valence-electron chi connectivity index (χ1n) is 12.8. The molecule has 3 N–H and O–H groups in total. The van der Waals surface area contributed by atoms with Crippen LogP contribution in [0.5, 0.6) is 0 Å². The SMILES string of the molecule is CCCCC/C=C\C/C=C\CCCCCCCC(=O)NCCOP(=O)(O)OCC(O)COC(C)=O. The van der Waals surface area contributed by atoms with E-state index in [9.17, 15) is 24.2 Å². The van der Waals surface area contributed by atoms with Gasteiger partial charge in [0.05, 0.1) is 13.2 Å². The molecule has 2 unspecified atom stereocenters. The summed E-state index contributed by atoms with van der Waals surface area (Å²) >= 11 is 0. The molecule has 0 saturated carbocycles. The summed E-state index contributed by atoms with van der Waals surface area (Å²) in [7, 11) is -4.37. The molecule has 204 valence electrons. The Balaban J connectivity index is 3.58. The molecule has 0 fully saturated rings. The van der Waals surface area contributed by atoms with Crippen molar-refractivity contribution in [2.45, 2.75) is 97.0 Å². The van der Waals surface area contributed by atoms with Gasteiger partial charge in [-0.15, -0.1) is 0 Å². The largest absolute Gasteiger partial charge is 0.472 e. The standard InChI is InChI=1S/C25H46NO8P/c1-3-4-5-6-7-8-9-10-11-12-13-14-15-16-17-18-25(29)26-19-20-33-35(30,31)34-22-24(28)21-32-23(2)27/h7-8,10-11,24,28H,3-6,9,12-22H2,1-2H3,(H,26,29)(H,30,31)/b8-7-,11-10-. The number of amides is 1. The highest BCUT2D eigenvalue weighted by molar-refractivity contribution is 7.47. The van der Waals surface area contributed by atoms with Gasteiger partial charge in [0.15, 0.2) is 0 Å². The number of hydrogen-bond acceptors (Lipinski definition) is 7. The lowest BCUT2D eigenvalue weighted by molar-refractivity contribution is -0.144. The van der Waals surface area contributed by atoms with Gasteiger partial charge in [-0.3, -0.25) is 18.6 Å². The fourth-order valence-electron chi connectivity index (χ4n) is 3.02. The summed E-state index contributed by atoms with van der Waals surface area (Å²) in [4.78, 5) is 32.0. The number of phosphoric acid groups is 1. The van der Waals surface area contributed by atoms with E-state index in [1.165, 1.54) is 32.6 Å². The Kier molecular flexibility index (Phi) is 21.9. The molecule has 0 aliphatic carbocycles. The van der Waals surface area contributed by atoms with Crippen molar-refractivity contribution in [1.29, 1.82) is 0 Å². The molecule has 0 aromatic rings. The molecule has 0 radical (unpaired) electrons. The molecule has 0 bridgehead atoms. The van der Waals surface area contributed by atoms with Crippen LogP contribution in [0.4, 0.5) is 0 Å². The Morgan fingerprint density at radius 2 is 1.54 bits per heavy atom. The van der Waals surface area contributed by atoms with Crippen molar-refractivity contribution in [2.24, 2.45) is 0 Å². The Labute approximate surface area is 210 Å². The van der Waals surface area contributed by atoms with Gasteiger partial charge in [0.2, 0.25) is 5.91 Å². The van der Waals surface area contributed by atoms with E-state index < -0.39 is 26.5 Å². The number of aliphatic hydroxyl groups is 1. The minimum Gasteiger partial charge on any atom is -0.463 e. The highest BCUT2D eigenvalue weighted by atomic mass is 31.2. The molecule has 0 aromatic carbocycles. The number of allylic oxidation sites excluding steroid dienone is 4. The Hall–Kier alpha value is -1.51. The maximum Gasteiger partial charge on any atom is 0.472 e. The molecule has 0 spiro atoms. The molecule has 0 rings (SSSR count). The second kappa shape index (κ2) is 22.9. The zero-order chi connectivity index (χ0) is 26.2. The molecule has 0 heterocycles. The van der Waals surface area contributed by atoms with Gasteiger partial charge in [-0.1, -0.05) is 63.3 Å². The fraction of sp³-hybridized carbons (Fsp3) is 0.760. The van der Waals surface area contributed by atoms with E-state index in [1.54, 1.807) is 0 Å². The first kappa shape index (κ1) is 33.5. The normalized spacial score (nSPS) is 14.3. The lowest BCUT2D eigenvalue weighted by Crippen LogP contribution is -2.27. The number of carbonyl (C=O) groups is 2. The second-order valence-corrected chi connectivity index (χ2v) is 9.84. The molecular formula is C25H46NO8P. The van der Waals surface area contributed by atoms with Gasteiger partial charge >= 0.3 is 13.8 Å². The highest BCUT2D eigenvalue weighted by Crippen LogP contribution is 2.42. The number of carbonyl (C=O) groups excluding carboxylic acids is 2. The molecule has 9 nitrogen and oxygen atoms in total. The number of ether oxygens (including phenoxy) is 1. The van der Waals surface area contributed by atoms with Crippen LogP contribution in [0.1, 0.15) is 90.9 Å². The summed E-state index contributed by atoms with van der Waals surface area (Å²) in [6.07, 6.45) is 20.5. The molecule has 0 aromatic heterocycles. The molecular weight excluding hydrogens is 473 g/mol.